The van der Waals surface area contributed by atoms with E-state index in [-0.39, 0.29) is 5.97 Å². The summed E-state index contributed by atoms with van der Waals surface area (Å²) in [4.78, 5) is 16.1. The first-order valence-electron chi connectivity index (χ1n) is 20.0. The van der Waals surface area contributed by atoms with E-state index in [2.05, 4.69) is 86.1 Å². The molecule has 7 nitrogen and oxygen atoms in total. The topological polar surface area (TPSA) is 73.2 Å². The first-order chi connectivity index (χ1) is 26.1. The molecule has 1 fully saturated rings. The van der Waals surface area contributed by atoms with Crippen LogP contribution in [-0.2, 0) is 20.7 Å². The summed E-state index contributed by atoms with van der Waals surface area (Å²) in [7, 11) is 0. The number of hydrazone groups is 1. The number of fused-ring (bicyclic) bond motifs is 1. The van der Waals surface area contributed by atoms with Crippen LogP contribution in [0.5, 0.6) is 5.75 Å². The molecule has 1 heterocycles. The number of anilines is 1. The van der Waals surface area contributed by atoms with Gasteiger partial charge in [0.05, 0.1) is 35.7 Å². The van der Waals surface area contributed by atoms with E-state index in [0.717, 1.165) is 111 Å². The highest BCUT2D eigenvalue weighted by molar-refractivity contribution is 7.22. The Bertz CT molecular complexity index is 1680. The molecule has 0 unspecified atom stereocenters. The number of aryl methyl sites for hydroxylation is 1. The lowest BCUT2D eigenvalue weighted by molar-refractivity contribution is -0.137. The van der Waals surface area contributed by atoms with E-state index in [9.17, 15) is 4.79 Å². The van der Waals surface area contributed by atoms with Crippen molar-refractivity contribution in [3.05, 3.63) is 90.5 Å². The summed E-state index contributed by atoms with van der Waals surface area (Å²) >= 11 is 1.70. The third kappa shape index (κ3) is 13.1. The minimum absolute atomic E-state index is 0.339. The average molecular weight is 738 g/mol. The van der Waals surface area contributed by atoms with E-state index in [4.69, 9.17) is 24.3 Å². The van der Waals surface area contributed by atoms with Crippen molar-refractivity contribution >= 4 is 38.9 Å². The second-order valence-corrected chi connectivity index (χ2v) is 15.2. The van der Waals surface area contributed by atoms with E-state index >= 15 is 0 Å². The van der Waals surface area contributed by atoms with Crippen molar-refractivity contribution in [2.45, 2.75) is 110 Å². The average Bonchev–Trinajstić information content (AvgIpc) is 3.63. The quantitative estimate of drug-likeness (QED) is 0.0248. The van der Waals surface area contributed by atoms with Crippen LogP contribution in [0.15, 0.2) is 84.5 Å². The molecule has 1 saturated carbocycles. The van der Waals surface area contributed by atoms with Gasteiger partial charge in [0, 0.05) is 24.8 Å². The monoisotopic (exact) mass is 737 g/mol. The summed E-state index contributed by atoms with van der Waals surface area (Å²) in [5.41, 5.74) is 5.75. The van der Waals surface area contributed by atoms with Gasteiger partial charge in [-0.15, -0.1) is 0 Å². The molecule has 0 aliphatic heterocycles. The first kappa shape index (κ1) is 40.2. The molecule has 0 bridgehead atoms. The molecule has 1 aliphatic rings. The number of nitrogens with zero attached hydrogens (tertiary/aromatic N) is 3. The van der Waals surface area contributed by atoms with Crippen molar-refractivity contribution in [3.8, 4) is 16.9 Å². The number of aromatic nitrogens is 1. The van der Waals surface area contributed by atoms with Crippen LogP contribution in [0.3, 0.4) is 0 Å². The second-order valence-electron chi connectivity index (χ2n) is 14.2. The van der Waals surface area contributed by atoms with Crippen LogP contribution in [0, 0.1) is 5.92 Å². The van der Waals surface area contributed by atoms with Crippen LogP contribution < -0.4 is 9.75 Å². The lowest BCUT2D eigenvalue weighted by atomic mass is 9.88. The Balaban J connectivity index is 1.20. The van der Waals surface area contributed by atoms with E-state index in [0.29, 0.717) is 25.2 Å². The molecular weight excluding hydrogens is 679 g/mol. The van der Waals surface area contributed by atoms with E-state index in [1.807, 2.05) is 12.3 Å². The number of rotatable bonds is 23. The smallest absolute Gasteiger partial charge is 0.330 e. The molecule has 0 amide bonds. The van der Waals surface area contributed by atoms with Crippen molar-refractivity contribution in [2.75, 3.05) is 31.4 Å². The first-order valence-corrected chi connectivity index (χ1v) is 20.8. The molecule has 4 aromatic rings. The third-order valence-corrected chi connectivity index (χ3v) is 11.0. The van der Waals surface area contributed by atoms with Gasteiger partial charge in [0.1, 0.15) is 5.75 Å². The number of thiazole rings is 1. The van der Waals surface area contributed by atoms with Crippen LogP contribution >= 0.6 is 11.3 Å². The number of hydrogen-bond acceptors (Lipinski definition) is 8. The zero-order valence-electron chi connectivity index (χ0n) is 32.0. The van der Waals surface area contributed by atoms with Crippen LogP contribution in [-0.4, -0.2) is 49.6 Å². The van der Waals surface area contributed by atoms with Crippen molar-refractivity contribution in [1.82, 2.24) is 4.98 Å². The number of carbonyl (C=O) groups excluding carboxylic acids is 1. The van der Waals surface area contributed by atoms with Crippen LogP contribution in [0.1, 0.15) is 108 Å². The van der Waals surface area contributed by atoms with Crippen molar-refractivity contribution in [2.24, 2.45) is 11.0 Å². The Morgan fingerprint density at radius 2 is 1.68 bits per heavy atom. The Hall–Kier alpha value is -4.01. The van der Waals surface area contributed by atoms with Crippen LogP contribution in [0.2, 0.25) is 0 Å². The molecular formula is C45H59N3O4S. The Morgan fingerprint density at radius 3 is 2.43 bits per heavy atom. The fourth-order valence-corrected chi connectivity index (χ4v) is 7.80. The van der Waals surface area contributed by atoms with Crippen molar-refractivity contribution in [1.29, 1.82) is 0 Å². The van der Waals surface area contributed by atoms with Gasteiger partial charge in [-0.3, -0.25) is 0 Å². The van der Waals surface area contributed by atoms with Gasteiger partial charge in [0.2, 0.25) is 5.13 Å². The highest BCUT2D eigenvalue weighted by Gasteiger charge is 2.22. The van der Waals surface area contributed by atoms with Gasteiger partial charge < -0.3 is 14.2 Å². The van der Waals surface area contributed by atoms with Crippen molar-refractivity contribution in [3.63, 3.8) is 0 Å². The maximum Gasteiger partial charge on any atom is 0.330 e. The zero-order valence-corrected chi connectivity index (χ0v) is 32.8. The minimum Gasteiger partial charge on any atom is -0.493 e. The van der Waals surface area contributed by atoms with E-state index < -0.39 is 0 Å². The van der Waals surface area contributed by atoms with Gasteiger partial charge in [-0.2, -0.15) is 5.10 Å². The van der Waals surface area contributed by atoms with Gasteiger partial charge >= 0.3 is 5.97 Å². The molecule has 284 valence electrons. The standard InChI is InChI=1S/C45H59N3O4S/c1-4-7-8-13-29-48(45-47-42-17-11-12-18-43(42)53-45)46-33-38-32-40(27-28-41(38)37-23-19-35(16-5-2)20-24-37)52-34-36-21-25-39(26-22-36)50-30-14-9-10-15-31-51-44(49)6-3/h6,11-12,17-20,23-24,27-28,32-33,36,39H,3-5,7-10,13-16,21-22,25-26,29-31,34H2,1-2H3/b46-33+. The SMILES string of the molecule is C=CC(=O)OCCCCCCOC1CCC(COc2ccc(-c3ccc(CCC)cc3)c(/C=N/N(CCCCCC)c3nc4ccccc4s3)c2)CC1. The number of ether oxygens (including phenoxy) is 3. The number of carbonyl (C=O) groups is 1. The molecule has 0 radical (unpaired) electrons. The number of para-hydroxylation sites is 1. The number of benzene rings is 3. The maximum absolute atomic E-state index is 11.1. The molecule has 0 atom stereocenters. The second kappa shape index (κ2) is 22.3. The lowest BCUT2D eigenvalue weighted by Gasteiger charge is -2.28. The summed E-state index contributed by atoms with van der Waals surface area (Å²) in [6.07, 6.45) is 18.9. The van der Waals surface area contributed by atoms with Gasteiger partial charge in [0.25, 0.3) is 0 Å². The van der Waals surface area contributed by atoms with Gasteiger partial charge in [-0.25, -0.2) is 14.8 Å². The zero-order chi connectivity index (χ0) is 37.1. The Morgan fingerprint density at radius 1 is 0.906 bits per heavy atom. The van der Waals surface area contributed by atoms with E-state index in [1.54, 1.807) is 11.3 Å². The summed E-state index contributed by atoms with van der Waals surface area (Å²) in [5, 5.41) is 8.13. The maximum atomic E-state index is 11.1. The molecule has 53 heavy (non-hydrogen) atoms. The lowest BCUT2D eigenvalue weighted by Crippen LogP contribution is -2.25. The normalized spacial score (nSPS) is 15.9. The largest absolute Gasteiger partial charge is 0.493 e. The van der Waals surface area contributed by atoms with E-state index in [1.165, 1.54) is 41.2 Å². The third-order valence-electron chi connectivity index (χ3n) is 9.97. The fourth-order valence-electron chi connectivity index (χ4n) is 6.85. The predicted octanol–water partition coefficient (Wildman–Crippen LogP) is 11.6. The molecule has 5 rings (SSSR count). The molecule has 3 aromatic carbocycles. The highest BCUT2D eigenvalue weighted by Crippen LogP contribution is 2.32. The van der Waals surface area contributed by atoms with Crippen LogP contribution in [0.25, 0.3) is 21.3 Å². The number of unbranched alkanes of at least 4 members (excludes halogenated alkanes) is 6. The Labute approximate surface area is 321 Å². The molecule has 8 heteroatoms. The van der Waals surface area contributed by atoms with Gasteiger partial charge in [-0.05, 0) is 105 Å². The highest BCUT2D eigenvalue weighted by atomic mass is 32.1. The summed E-state index contributed by atoms with van der Waals surface area (Å²) < 4.78 is 18.9. The molecule has 0 N–H and O–H groups in total. The predicted molar refractivity (Wildman–Crippen MR) is 221 cm³/mol. The van der Waals surface area contributed by atoms with Gasteiger partial charge in [-0.1, -0.05) is 106 Å². The Kier molecular flexibility index (Phi) is 16.9. The summed E-state index contributed by atoms with van der Waals surface area (Å²) in [5.74, 6) is 1.06. The van der Waals surface area contributed by atoms with Crippen LogP contribution in [0.4, 0.5) is 5.13 Å². The van der Waals surface area contributed by atoms with Gasteiger partial charge in [0.15, 0.2) is 0 Å². The molecule has 0 saturated heterocycles. The number of hydrogen-bond donors (Lipinski definition) is 0. The molecule has 1 aromatic heterocycles. The van der Waals surface area contributed by atoms with Crippen molar-refractivity contribution < 1.29 is 19.0 Å². The summed E-state index contributed by atoms with van der Waals surface area (Å²) in [6.45, 7) is 10.7. The molecule has 1 aliphatic carbocycles. The molecule has 0 spiro atoms. The number of esters is 1. The minimum atomic E-state index is -0.345. The fraction of sp³-hybridized carbons (Fsp3) is 0.489. The summed E-state index contributed by atoms with van der Waals surface area (Å²) in [6, 6.07) is 23.8.